The third kappa shape index (κ3) is 7.00. The minimum Gasteiger partial charge on any atom is -0.379 e. The number of carbonyl (C=O) groups excluding carboxylic acids is 1. The van der Waals surface area contributed by atoms with Crippen molar-refractivity contribution in [1.29, 1.82) is 0 Å². The number of nitrogens with two attached hydrogens (primary N) is 1. The number of hydrogen-bond donors (Lipinski definition) is 1. The molecule has 2 unspecified atom stereocenters. The van der Waals surface area contributed by atoms with Crippen LogP contribution in [-0.2, 0) is 9.53 Å². The van der Waals surface area contributed by atoms with Crippen LogP contribution in [0.5, 0.6) is 0 Å². The number of likely N-dealkylation sites (tertiary alicyclic amines) is 1. The molecular weight excluding hydrogens is 577 g/mol. The van der Waals surface area contributed by atoms with Crippen LogP contribution in [0.1, 0.15) is 64.4 Å². The Morgan fingerprint density at radius 3 is 2.44 bits per heavy atom. The van der Waals surface area contributed by atoms with Crippen molar-refractivity contribution in [3.8, 4) is 0 Å². The summed E-state index contributed by atoms with van der Waals surface area (Å²) in [6.07, 6.45) is 8.18. The second kappa shape index (κ2) is 13.3. The van der Waals surface area contributed by atoms with Gasteiger partial charge in [0.05, 0.1) is 18.6 Å². The maximum Gasteiger partial charge on any atom is 0.226 e. The molecule has 4 aliphatic rings. The third-order valence-electron chi connectivity index (χ3n) is 9.70. The first-order valence-electron chi connectivity index (χ1n) is 15.5. The zero-order valence-electron chi connectivity index (χ0n) is 25.4. The average molecular weight is 621 g/mol. The van der Waals surface area contributed by atoms with Gasteiger partial charge in [-0.25, -0.2) is 19.0 Å². The lowest BCUT2D eigenvalue weighted by atomic mass is 9.86. The molecule has 1 aromatic carbocycles. The molecule has 0 radical (unpaired) electrons. The normalized spacial score (nSPS) is 29.6. The summed E-state index contributed by atoms with van der Waals surface area (Å²) in [4.78, 5) is 18.5. The molecule has 6 nitrogen and oxygen atoms in total. The minimum atomic E-state index is -0.737. The fourth-order valence-corrected chi connectivity index (χ4v) is 7.65. The van der Waals surface area contributed by atoms with Gasteiger partial charge in [-0.05, 0) is 62.3 Å². The molecule has 4 atom stereocenters. The second-order valence-corrected chi connectivity index (χ2v) is 13.6. The van der Waals surface area contributed by atoms with Crippen LogP contribution in [0.3, 0.4) is 0 Å². The molecule has 0 bridgehead atoms. The average Bonchev–Trinajstić information content (AvgIpc) is 3.35. The highest BCUT2D eigenvalue weighted by atomic mass is 35.5. The van der Waals surface area contributed by atoms with Crippen LogP contribution in [0.15, 0.2) is 53.6 Å². The molecule has 10 heteroatoms. The van der Waals surface area contributed by atoms with Crippen LogP contribution in [0, 0.1) is 29.4 Å². The lowest BCUT2D eigenvalue weighted by molar-refractivity contribution is -0.137. The number of hydrogen-bond acceptors (Lipinski definition) is 5. The fraction of sp³-hybridized carbons (Fsp3) is 0.606. The molecule has 1 saturated carbocycles. The molecule has 236 valence electrons. The first-order chi connectivity index (χ1) is 20.5. The van der Waals surface area contributed by atoms with E-state index in [-0.39, 0.29) is 35.0 Å². The number of morpholine rings is 1. The van der Waals surface area contributed by atoms with Gasteiger partial charge in [-0.15, -0.1) is 11.6 Å². The van der Waals surface area contributed by atoms with Crippen molar-refractivity contribution < 1.29 is 22.7 Å². The third-order valence-corrected chi connectivity index (χ3v) is 10.1. The van der Waals surface area contributed by atoms with Gasteiger partial charge in [0.1, 0.15) is 17.5 Å². The van der Waals surface area contributed by atoms with Crippen molar-refractivity contribution >= 4 is 17.5 Å². The molecular formula is C33H44ClF3N4O2. The number of carbonyl (C=O) groups is 1. The van der Waals surface area contributed by atoms with Gasteiger partial charge < -0.3 is 9.64 Å². The Hall–Kier alpha value is -2.33. The van der Waals surface area contributed by atoms with E-state index in [9.17, 15) is 13.6 Å². The quantitative estimate of drug-likeness (QED) is 0.222. The van der Waals surface area contributed by atoms with Crippen LogP contribution in [-0.4, -0.2) is 71.0 Å². The molecule has 2 N–H and O–H groups in total. The summed E-state index contributed by atoms with van der Waals surface area (Å²) in [7, 11) is 0. The van der Waals surface area contributed by atoms with E-state index in [0.717, 1.165) is 43.4 Å². The summed E-state index contributed by atoms with van der Waals surface area (Å²) in [5, 5.41) is 0.915. The lowest BCUT2D eigenvalue weighted by Crippen LogP contribution is -2.51. The van der Waals surface area contributed by atoms with Gasteiger partial charge in [0.2, 0.25) is 5.91 Å². The fourth-order valence-electron chi connectivity index (χ4n) is 7.42. The zero-order valence-corrected chi connectivity index (χ0v) is 26.1. The van der Waals surface area contributed by atoms with Crippen LogP contribution in [0.25, 0.3) is 0 Å². The molecule has 1 aromatic rings. The maximum absolute atomic E-state index is 15.1. The Kier molecular flexibility index (Phi) is 9.96. The van der Waals surface area contributed by atoms with E-state index in [1.54, 1.807) is 11.1 Å². The van der Waals surface area contributed by atoms with Crippen molar-refractivity contribution in [2.24, 2.45) is 23.6 Å². The maximum atomic E-state index is 15.1. The van der Waals surface area contributed by atoms with Crippen LogP contribution >= 0.6 is 11.6 Å². The molecule has 43 heavy (non-hydrogen) atoms. The van der Waals surface area contributed by atoms with Gasteiger partial charge in [-0.2, -0.15) is 0 Å². The number of nitrogens with zero attached hydrogens (tertiary/aromatic N) is 3. The summed E-state index contributed by atoms with van der Waals surface area (Å²) < 4.78 is 48.4. The van der Waals surface area contributed by atoms with Gasteiger partial charge in [-0.1, -0.05) is 26.0 Å². The van der Waals surface area contributed by atoms with Crippen molar-refractivity contribution in [1.82, 2.24) is 14.8 Å². The first-order valence-corrected chi connectivity index (χ1v) is 15.9. The highest BCUT2D eigenvalue weighted by Gasteiger charge is 2.51. The van der Waals surface area contributed by atoms with Gasteiger partial charge >= 0.3 is 0 Å². The Labute approximate surface area is 258 Å². The largest absolute Gasteiger partial charge is 0.379 e. The number of rotatable bonds is 7. The van der Waals surface area contributed by atoms with E-state index < -0.39 is 22.9 Å². The number of amides is 1. The lowest BCUT2D eigenvalue weighted by Gasteiger charge is -2.41. The first kappa shape index (κ1) is 32.1. The van der Waals surface area contributed by atoms with E-state index in [1.807, 2.05) is 4.90 Å². The summed E-state index contributed by atoms with van der Waals surface area (Å²) in [5.41, 5.74) is 1.84. The number of hydrazine groups is 1. The summed E-state index contributed by atoms with van der Waals surface area (Å²) in [6, 6.07) is 3.72. The molecule has 0 aromatic heterocycles. The summed E-state index contributed by atoms with van der Waals surface area (Å²) in [5.74, 6) is 4.68. The number of benzene rings is 1. The van der Waals surface area contributed by atoms with E-state index in [4.69, 9.17) is 22.2 Å². The predicted molar refractivity (Wildman–Crippen MR) is 162 cm³/mol. The standard InChI is InChI=1S/C33H44ClF3N4O2/c1-21(2)16-31(41(38)24-5-7-29(36)28(34)18-24)22-8-10-39(11-9-22)32(42)27-20-33(3,40-12-14-43-15-13-40)19-26(27)25-6-4-23(35)17-30(25)37/h4-7,16-17,21-22,26-28H,8-15,18-20,38H2,1-3H3/b31-16-/t26-,27+,28?,33?/m0/s1. The minimum absolute atomic E-state index is 0.0312. The number of allylic oxidation sites excluding steroid dienone is 6. The van der Waals surface area contributed by atoms with Crippen LogP contribution in [0.2, 0.25) is 0 Å². The smallest absolute Gasteiger partial charge is 0.226 e. The monoisotopic (exact) mass is 620 g/mol. The predicted octanol–water partition coefficient (Wildman–Crippen LogP) is 6.25. The van der Waals surface area contributed by atoms with Crippen molar-refractivity contribution in [2.45, 2.75) is 69.7 Å². The molecule has 2 aliphatic heterocycles. The number of ether oxygens (including phenoxy) is 1. The van der Waals surface area contributed by atoms with E-state index in [0.29, 0.717) is 51.1 Å². The summed E-state index contributed by atoms with van der Waals surface area (Å²) in [6.45, 7) is 10.3. The van der Waals surface area contributed by atoms with Gasteiger partial charge in [0.15, 0.2) is 0 Å². The molecule has 2 saturated heterocycles. The van der Waals surface area contributed by atoms with Gasteiger partial charge in [0, 0.05) is 73.4 Å². The second-order valence-electron chi connectivity index (χ2n) is 13.1. The van der Waals surface area contributed by atoms with Crippen LogP contribution < -0.4 is 5.84 Å². The molecule has 1 amide bonds. The number of piperidine rings is 1. The molecule has 0 spiro atoms. The van der Waals surface area contributed by atoms with Gasteiger partial charge in [0.25, 0.3) is 0 Å². The van der Waals surface area contributed by atoms with E-state index in [2.05, 4.69) is 31.7 Å². The molecule has 2 aliphatic carbocycles. The highest BCUT2D eigenvalue weighted by Crippen LogP contribution is 2.50. The topological polar surface area (TPSA) is 62.0 Å². The Morgan fingerprint density at radius 1 is 1.12 bits per heavy atom. The molecule has 2 heterocycles. The Bertz CT molecular complexity index is 1270. The Morgan fingerprint density at radius 2 is 1.81 bits per heavy atom. The number of halogens is 4. The highest BCUT2D eigenvalue weighted by molar-refractivity contribution is 6.22. The van der Waals surface area contributed by atoms with Gasteiger partial charge in [-0.3, -0.25) is 14.7 Å². The van der Waals surface area contributed by atoms with Crippen molar-refractivity contribution in [2.75, 3.05) is 39.4 Å². The van der Waals surface area contributed by atoms with E-state index in [1.165, 1.54) is 18.2 Å². The van der Waals surface area contributed by atoms with E-state index >= 15 is 4.39 Å². The SMILES string of the molecule is CC(C)/C=C(/C1CCN(C(=O)[C@@H]2CC(C)(N3CCOCC3)C[C@H]2c2ccc(F)cc2F)CC1)N(N)C1=CC=C(F)C(Cl)C1. The Balaban J connectivity index is 1.33. The molecule has 3 fully saturated rings. The number of alkyl halides is 1. The zero-order chi connectivity index (χ0) is 30.9. The molecule has 5 rings (SSSR count). The van der Waals surface area contributed by atoms with Crippen LogP contribution in [0.4, 0.5) is 13.2 Å². The van der Waals surface area contributed by atoms with Crippen molar-refractivity contribution in [3.63, 3.8) is 0 Å². The van der Waals surface area contributed by atoms with Crippen molar-refractivity contribution in [3.05, 3.63) is 70.8 Å². The summed E-state index contributed by atoms with van der Waals surface area (Å²) >= 11 is 6.18.